The fraction of sp³-hybridized carbons (Fsp3) is 0.526. The predicted octanol–water partition coefficient (Wildman–Crippen LogP) is 3.53. The molecular formula is C19H23NO4. The molecule has 24 heavy (non-hydrogen) atoms. The summed E-state index contributed by atoms with van der Waals surface area (Å²) in [7, 11) is 1.62. The molecule has 5 nitrogen and oxygen atoms in total. The molecule has 0 radical (unpaired) electrons. The van der Waals surface area contributed by atoms with E-state index in [4.69, 9.17) is 13.9 Å². The maximum absolute atomic E-state index is 13.1. The second-order valence-electron chi connectivity index (χ2n) is 6.68. The molecule has 1 amide bonds. The number of nitrogens with zero attached hydrogens (tertiary/aromatic N) is 1. The molecule has 2 aliphatic rings. The normalized spacial score (nSPS) is 24.0. The van der Waals surface area contributed by atoms with Crippen LogP contribution in [-0.2, 0) is 4.74 Å². The number of rotatable bonds is 2. The fourth-order valence-corrected chi connectivity index (χ4v) is 4.02. The predicted molar refractivity (Wildman–Crippen MR) is 90.5 cm³/mol. The molecule has 1 aromatic heterocycles. The first-order valence-corrected chi connectivity index (χ1v) is 8.69. The van der Waals surface area contributed by atoms with E-state index in [1.165, 1.54) is 6.42 Å². The topological polar surface area (TPSA) is 51.9 Å². The Balaban J connectivity index is 1.68. The number of aryl methyl sites for hydroxylation is 1. The summed E-state index contributed by atoms with van der Waals surface area (Å²) in [4.78, 5) is 15.1. The molecule has 1 aliphatic carbocycles. The third kappa shape index (κ3) is 2.47. The third-order valence-electron chi connectivity index (χ3n) is 5.33. The first kappa shape index (κ1) is 15.5. The van der Waals surface area contributed by atoms with Gasteiger partial charge in [-0.3, -0.25) is 4.79 Å². The van der Waals surface area contributed by atoms with Crippen LogP contribution in [0.2, 0.25) is 0 Å². The quantitative estimate of drug-likeness (QED) is 0.846. The van der Waals surface area contributed by atoms with Crippen LogP contribution >= 0.6 is 0 Å². The highest BCUT2D eigenvalue weighted by atomic mass is 16.5. The molecule has 2 aromatic rings. The summed E-state index contributed by atoms with van der Waals surface area (Å²) < 4.78 is 17.0. The highest BCUT2D eigenvalue weighted by Crippen LogP contribution is 2.33. The third-order valence-corrected chi connectivity index (χ3v) is 5.33. The zero-order valence-electron chi connectivity index (χ0n) is 14.2. The van der Waals surface area contributed by atoms with Gasteiger partial charge < -0.3 is 18.8 Å². The number of amides is 1. The Morgan fingerprint density at radius 3 is 2.96 bits per heavy atom. The van der Waals surface area contributed by atoms with Crippen LogP contribution in [0.1, 0.15) is 41.8 Å². The monoisotopic (exact) mass is 329 g/mol. The summed E-state index contributed by atoms with van der Waals surface area (Å²) in [6, 6.07) is 5.86. The largest absolute Gasteiger partial charge is 0.497 e. The number of hydrogen-bond acceptors (Lipinski definition) is 4. The van der Waals surface area contributed by atoms with Gasteiger partial charge in [-0.15, -0.1) is 0 Å². The Bertz CT molecular complexity index is 764. The van der Waals surface area contributed by atoms with Crippen LogP contribution in [0.3, 0.4) is 0 Å². The molecule has 0 bridgehead atoms. The van der Waals surface area contributed by atoms with Crippen LogP contribution in [0.15, 0.2) is 22.6 Å². The van der Waals surface area contributed by atoms with Crippen LogP contribution in [0, 0.1) is 6.92 Å². The molecular weight excluding hydrogens is 306 g/mol. The molecule has 2 fully saturated rings. The molecule has 1 aromatic carbocycles. The van der Waals surface area contributed by atoms with Gasteiger partial charge in [-0.1, -0.05) is 12.8 Å². The van der Waals surface area contributed by atoms with E-state index >= 15 is 0 Å². The highest BCUT2D eigenvalue weighted by Gasteiger charge is 2.38. The average Bonchev–Trinajstić information content (AvgIpc) is 2.96. The average molecular weight is 329 g/mol. The molecule has 128 valence electrons. The molecule has 2 atom stereocenters. The van der Waals surface area contributed by atoms with Crippen LogP contribution in [-0.4, -0.2) is 43.2 Å². The minimum Gasteiger partial charge on any atom is -0.497 e. The maximum atomic E-state index is 13.1. The number of ether oxygens (including phenoxy) is 2. The van der Waals surface area contributed by atoms with Crippen LogP contribution in [0.25, 0.3) is 11.0 Å². The zero-order chi connectivity index (χ0) is 16.7. The Morgan fingerprint density at radius 2 is 2.12 bits per heavy atom. The standard InChI is InChI=1S/C19H23NO4/c1-12-14-8-7-13(22-2)11-17(14)24-18(12)19(21)20-9-10-23-16-6-4-3-5-15(16)20/h7-8,11,15-16H,3-6,9-10H2,1-2H3/t15-,16-/m0/s1. The van der Waals surface area contributed by atoms with Crippen molar-refractivity contribution in [2.75, 3.05) is 20.3 Å². The Hall–Kier alpha value is -2.01. The maximum Gasteiger partial charge on any atom is 0.290 e. The van der Waals surface area contributed by atoms with Crippen molar-refractivity contribution in [2.24, 2.45) is 0 Å². The Labute approximate surface area is 141 Å². The molecule has 4 rings (SSSR count). The number of benzene rings is 1. The molecule has 2 heterocycles. The van der Waals surface area contributed by atoms with E-state index in [-0.39, 0.29) is 18.1 Å². The van der Waals surface area contributed by atoms with Crippen molar-refractivity contribution < 1.29 is 18.7 Å². The van der Waals surface area contributed by atoms with E-state index in [0.29, 0.717) is 24.5 Å². The molecule has 0 N–H and O–H groups in total. The number of morpholine rings is 1. The van der Waals surface area contributed by atoms with Gasteiger partial charge in [-0.05, 0) is 31.9 Å². The summed E-state index contributed by atoms with van der Waals surface area (Å²) in [5.74, 6) is 1.17. The Kier molecular flexibility index (Phi) is 3.96. The molecule has 1 saturated carbocycles. The van der Waals surface area contributed by atoms with Crippen molar-refractivity contribution in [3.8, 4) is 5.75 Å². The van der Waals surface area contributed by atoms with Gasteiger partial charge in [-0.25, -0.2) is 0 Å². The van der Waals surface area contributed by atoms with Gasteiger partial charge in [0.25, 0.3) is 5.91 Å². The van der Waals surface area contributed by atoms with Gasteiger partial charge in [0, 0.05) is 23.6 Å². The van der Waals surface area contributed by atoms with Gasteiger partial charge in [-0.2, -0.15) is 0 Å². The van der Waals surface area contributed by atoms with Gasteiger partial charge in [0.1, 0.15) is 11.3 Å². The molecule has 5 heteroatoms. The number of fused-ring (bicyclic) bond motifs is 2. The lowest BCUT2D eigenvalue weighted by molar-refractivity contribution is -0.0759. The summed E-state index contributed by atoms with van der Waals surface area (Å²) in [6.07, 6.45) is 4.59. The van der Waals surface area contributed by atoms with E-state index in [0.717, 1.165) is 36.0 Å². The number of carbonyl (C=O) groups is 1. The first-order valence-electron chi connectivity index (χ1n) is 8.69. The van der Waals surface area contributed by atoms with E-state index in [1.807, 2.05) is 30.0 Å². The number of methoxy groups -OCH3 is 1. The van der Waals surface area contributed by atoms with Crippen molar-refractivity contribution in [2.45, 2.75) is 44.8 Å². The van der Waals surface area contributed by atoms with Crippen molar-refractivity contribution in [3.63, 3.8) is 0 Å². The smallest absolute Gasteiger partial charge is 0.290 e. The number of hydrogen-bond donors (Lipinski definition) is 0. The molecule has 1 aliphatic heterocycles. The lowest BCUT2D eigenvalue weighted by Gasteiger charge is -2.43. The van der Waals surface area contributed by atoms with E-state index < -0.39 is 0 Å². The SMILES string of the molecule is COc1ccc2c(C)c(C(=O)N3CCO[C@H]4CCCC[C@@H]43)oc2c1. The van der Waals surface area contributed by atoms with E-state index in [2.05, 4.69) is 0 Å². The second kappa shape index (κ2) is 6.13. The summed E-state index contributed by atoms with van der Waals surface area (Å²) >= 11 is 0. The second-order valence-corrected chi connectivity index (χ2v) is 6.68. The van der Waals surface area contributed by atoms with Crippen LogP contribution in [0.4, 0.5) is 0 Å². The first-order chi connectivity index (χ1) is 11.7. The lowest BCUT2D eigenvalue weighted by atomic mass is 9.90. The minimum absolute atomic E-state index is 0.0112. The van der Waals surface area contributed by atoms with Crippen molar-refractivity contribution in [1.29, 1.82) is 0 Å². The van der Waals surface area contributed by atoms with Gasteiger partial charge >= 0.3 is 0 Å². The van der Waals surface area contributed by atoms with Gasteiger partial charge in [0.15, 0.2) is 5.76 Å². The molecule has 1 saturated heterocycles. The van der Waals surface area contributed by atoms with Gasteiger partial charge in [0.2, 0.25) is 0 Å². The van der Waals surface area contributed by atoms with E-state index in [9.17, 15) is 4.79 Å². The van der Waals surface area contributed by atoms with Crippen molar-refractivity contribution >= 4 is 16.9 Å². The van der Waals surface area contributed by atoms with Crippen LogP contribution in [0.5, 0.6) is 5.75 Å². The van der Waals surface area contributed by atoms with E-state index in [1.54, 1.807) is 7.11 Å². The zero-order valence-corrected chi connectivity index (χ0v) is 14.2. The summed E-state index contributed by atoms with van der Waals surface area (Å²) in [5.41, 5.74) is 1.60. The van der Waals surface area contributed by atoms with Gasteiger partial charge in [0.05, 0.1) is 25.9 Å². The van der Waals surface area contributed by atoms with Crippen LogP contribution < -0.4 is 4.74 Å². The lowest BCUT2D eigenvalue weighted by Crippen LogP contribution is -2.54. The van der Waals surface area contributed by atoms with Crippen molar-refractivity contribution in [1.82, 2.24) is 4.90 Å². The fourth-order valence-electron chi connectivity index (χ4n) is 4.02. The highest BCUT2D eigenvalue weighted by molar-refractivity contribution is 5.99. The summed E-state index contributed by atoms with van der Waals surface area (Å²) in [6.45, 7) is 3.20. The van der Waals surface area contributed by atoms with Crippen molar-refractivity contribution in [3.05, 3.63) is 29.5 Å². The number of carbonyl (C=O) groups excluding carboxylic acids is 1. The Morgan fingerprint density at radius 1 is 1.29 bits per heavy atom. The number of furan rings is 1. The molecule has 0 unspecified atom stereocenters. The molecule has 0 spiro atoms. The summed E-state index contributed by atoms with van der Waals surface area (Å²) in [5, 5.41) is 0.965. The minimum atomic E-state index is -0.0112.